The van der Waals surface area contributed by atoms with Crippen molar-refractivity contribution < 1.29 is 28.6 Å². The highest BCUT2D eigenvalue weighted by Gasteiger charge is 2.48. The second kappa shape index (κ2) is 6.98. The van der Waals surface area contributed by atoms with Crippen LogP contribution < -0.4 is 15.4 Å². The largest absolute Gasteiger partial charge is 0.497 e. The fraction of sp³-hybridized carbons (Fsp3) is 0.190. The summed E-state index contributed by atoms with van der Waals surface area (Å²) in [4.78, 5) is 46.7. The van der Waals surface area contributed by atoms with Crippen molar-refractivity contribution >= 4 is 29.1 Å². The van der Waals surface area contributed by atoms with Crippen LogP contribution in [0, 0.1) is 11.8 Å². The summed E-state index contributed by atoms with van der Waals surface area (Å²) in [6.07, 6.45) is 0.864. The molecule has 2 aromatic heterocycles. The van der Waals surface area contributed by atoms with Gasteiger partial charge in [0.1, 0.15) is 5.75 Å². The first kappa shape index (κ1) is 19.4. The Labute approximate surface area is 180 Å². The number of nitrogens with one attached hydrogen (secondary N) is 2. The van der Waals surface area contributed by atoms with Crippen molar-refractivity contribution in [3.8, 4) is 23.7 Å². The van der Waals surface area contributed by atoms with Crippen LogP contribution in [-0.4, -0.2) is 57.0 Å². The molecule has 11 nitrogen and oxygen atoms in total. The summed E-state index contributed by atoms with van der Waals surface area (Å²) < 4.78 is 10.2. The number of urea groups is 1. The SMILES string of the molecule is COc1ccc2c(c1)C(=O)N(C[C@@]1(C#Cc3cnc4nc(O)oc4c3)NC(=O)NC1=O)C2. The molecule has 1 fully saturated rings. The van der Waals surface area contributed by atoms with E-state index in [4.69, 9.17) is 9.15 Å². The van der Waals surface area contributed by atoms with Gasteiger partial charge in [-0.1, -0.05) is 17.9 Å². The Balaban J connectivity index is 1.47. The van der Waals surface area contributed by atoms with Gasteiger partial charge in [0.05, 0.1) is 13.7 Å². The maximum atomic E-state index is 12.9. The second-order valence-electron chi connectivity index (χ2n) is 7.29. The molecule has 2 aliphatic heterocycles. The highest BCUT2D eigenvalue weighted by atomic mass is 16.5. The minimum Gasteiger partial charge on any atom is -0.497 e. The van der Waals surface area contributed by atoms with Gasteiger partial charge >= 0.3 is 12.1 Å². The number of aromatic nitrogens is 2. The van der Waals surface area contributed by atoms with E-state index in [1.807, 2.05) is 0 Å². The van der Waals surface area contributed by atoms with E-state index in [-0.39, 0.29) is 30.2 Å². The Kier molecular flexibility index (Phi) is 4.23. The van der Waals surface area contributed by atoms with Gasteiger partial charge in [-0.25, -0.2) is 9.78 Å². The topological polar surface area (TPSA) is 147 Å². The van der Waals surface area contributed by atoms with Crippen LogP contribution in [0.15, 0.2) is 34.9 Å². The predicted molar refractivity (Wildman–Crippen MR) is 107 cm³/mol. The molecule has 1 aromatic carbocycles. The Morgan fingerprint density at radius 3 is 2.91 bits per heavy atom. The number of hydrogen-bond donors (Lipinski definition) is 3. The van der Waals surface area contributed by atoms with E-state index in [0.29, 0.717) is 16.9 Å². The van der Waals surface area contributed by atoms with Gasteiger partial charge in [-0.3, -0.25) is 14.9 Å². The van der Waals surface area contributed by atoms with Crippen molar-refractivity contribution in [3.63, 3.8) is 0 Å². The van der Waals surface area contributed by atoms with E-state index < -0.39 is 23.6 Å². The number of pyridine rings is 1. The van der Waals surface area contributed by atoms with Crippen molar-refractivity contribution in [1.82, 2.24) is 25.5 Å². The molecule has 1 saturated heterocycles. The second-order valence-corrected chi connectivity index (χ2v) is 7.29. The number of carbonyl (C=O) groups excluding carboxylic acids is 3. The summed E-state index contributed by atoms with van der Waals surface area (Å²) in [5.41, 5.74) is 0.369. The van der Waals surface area contributed by atoms with Crippen molar-refractivity contribution in [2.24, 2.45) is 0 Å². The lowest BCUT2D eigenvalue weighted by Gasteiger charge is -2.26. The first-order valence-corrected chi connectivity index (χ1v) is 9.45. The Morgan fingerprint density at radius 1 is 1.31 bits per heavy atom. The summed E-state index contributed by atoms with van der Waals surface area (Å²) in [6.45, 7) is 0.0990. The number of hydrogen-bond acceptors (Lipinski definition) is 8. The fourth-order valence-electron chi connectivity index (χ4n) is 3.67. The molecule has 32 heavy (non-hydrogen) atoms. The zero-order valence-corrected chi connectivity index (χ0v) is 16.6. The van der Waals surface area contributed by atoms with Crippen molar-refractivity contribution in [3.05, 3.63) is 47.2 Å². The summed E-state index contributed by atoms with van der Waals surface area (Å²) in [5.74, 6) is 5.16. The van der Waals surface area contributed by atoms with Crippen LogP contribution in [-0.2, 0) is 11.3 Å². The fourth-order valence-corrected chi connectivity index (χ4v) is 3.67. The summed E-state index contributed by atoms with van der Waals surface area (Å²) in [5, 5.41) is 14.1. The number of methoxy groups -OCH3 is 1. The molecule has 0 spiro atoms. The molecule has 1 atom stereocenters. The van der Waals surface area contributed by atoms with Crippen LogP contribution in [0.1, 0.15) is 21.5 Å². The lowest BCUT2D eigenvalue weighted by molar-refractivity contribution is -0.122. The number of imide groups is 1. The highest BCUT2D eigenvalue weighted by molar-refractivity contribution is 6.10. The summed E-state index contributed by atoms with van der Waals surface area (Å²) >= 11 is 0. The summed E-state index contributed by atoms with van der Waals surface area (Å²) in [7, 11) is 1.51. The lowest BCUT2D eigenvalue weighted by atomic mass is 9.99. The number of amides is 4. The van der Waals surface area contributed by atoms with Gasteiger partial charge in [0.15, 0.2) is 5.58 Å². The Hall–Kier alpha value is -4.59. The maximum Gasteiger partial charge on any atom is 0.393 e. The van der Waals surface area contributed by atoms with E-state index in [2.05, 4.69) is 32.4 Å². The third kappa shape index (κ3) is 3.14. The van der Waals surface area contributed by atoms with Crippen molar-refractivity contribution in [1.29, 1.82) is 0 Å². The van der Waals surface area contributed by atoms with Crippen LogP contribution in [0.3, 0.4) is 0 Å². The van der Waals surface area contributed by atoms with Gasteiger partial charge in [0, 0.05) is 29.9 Å². The van der Waals surface area contributed by atoms with E-state index in [1.54, 1.807) is 18.2 Å². The number of nitrogens with zero attached hydrogens (tertiary/aromatic N) is 3. The van der Waals surface area contributed by atoms with Crippen LogP contribution in [0.2, 0.25) is 0 Å². The van der Waals surface area contributed by atoms with Crippen molar-refractivity contribution in [2.45, 2.75) is 12.1 Å². The Bertz CT molecular complexity index is 1370. The van der Waals surface area contributed by atoms with E-state index >= 15 is 0 Å². The number of benzene rings is 1. The van der Waals surface area contributed by atoms with Crippen LogP contribution in [0.4, 0.5) is 4.79 Å². The van der Waals surface area contributed by atoms with Crippen LogP contribution in [0.25, 0.3) is 11.2 Å². The van der Waals surface area contributed by atoms with E-state index in [9.17, 15) is 19.5 Å². The molecule has 0 saturated carbocycles. The maximum absolute atomic E-state index is 12.9. The first-order valence-electron chi connectivity index (χ1n) is 9.45. The van der Waals surface area contributed by atoms with Gasteiger partial charge in [0.25, 0.3) is 11.8 Å². The van der Waals surface area contributed by atoms with Crippen LogP contribution in [0.5, 0.6) is 11.8 Å². The molecule has 160 valence electrons. The summed E-state index contributed by atoms with van der Waals surface area (Å²) in [6, 6.07) is 5.96. The molecule has 0 unspecified atom stereocenters. The zero-order chi connectivity index (χ0) is 22.5. The molecule has 3 aromatic rings. The van der Waals surface area contributed by atoms with E-state index in [0.717, 1.165) is 5.56 Å². The minimum atomic E-state index is -1.66. The molecular formula is C21H15N5O6. The standard InChI is InChI=1S/C21H15N5O6/c1-31-13-3-2-12-9-26(17(27)14(12)7-13)10-21(18(28)24-19(29)25-21)5-4-11-6-15-16(22-8-11)23-20(30)32-15/h2-3,6-8H,9-10H2,1H3,(H,22,23,30)(H2,24,25,28,29)/t21-/m1/s1. The smallest absolute Gasteiger partial charge is 0.393 e. The molecule has 0 bridgehead atoms. The number of rotatable bonds is 3. The molecule has 2 aliphatic rings. The van der Waals surface area contributed by atoms with Gasteiger partial charge in [-0.2, -0.15) is 4.98 Å². The van der Waals surface area contributed by atoms with Gasteiger partial charge in [0.2, 0.25) is 11.2 Å². The zero-order valence-electron chi connectivity index (χ0n) is 16.6. The average molecular weight is 433 g/mol. The molecule has 11 heteroatoms. The lowest BCUT2D eigenvalue weighted by Crippen LogP contribution is -2.54. The minimum absolute atomic E-state index is 0.161. The van der Waals surface area contributed by atoms with E-state index in [1.165, 1.54) is 24.3 Å². The monoisotopic (exact) mass is 433 g/mol. The number of carbonyl (C=O) groups is 3. The van der Waals surface area contributed by atoms with Crippen LogP contribution >= 0.6 is 0 Å². The molecule has 5 rings (SSSR count). The van der Waals surface area contributed by atoms with Gasteiger partial charge in [-0.05, 0) is 17.7 Å². The third-order valence-corrected chi connectivity index (χ3v) is 5.22. The molecule has 4 amide bonds. The number of fused-ring (bicyclic) bond motifs is 2. The molecule has 0 aliphatic carbocycles. The number of oxazole rings is 1. The number of ether oxygens (including phenoxy) is 1. The van der Waals surface area contributed by atoms with Gasteiger partial charge < -0.3 is 24.5 Å². The molecular weight excluding hydrogens is 418 g/mol. The molecule has 4 heterocycles. The predicted octanol–water partition coefficient (Wildman–Crippen LogP) is 0.523. The quantitative estimate of drug-likeness (QED) is 0.400. The molecule has 3 N–H and O–H groups in total. The first-order chi connectivity index (χ1) is 15.4. The number of aromatic hydroxyl groups is 1. The average Bonchev–Trinajstić information content (AvgIpc) is 3.38. The Morgan fingerprint density at radius 2 is 2.16 bits per heavy atom. The normalized spacial score (nSPS) is 19.4. The van der Waals surface area contributed by atoms with Crippen molar-refractivity contribution in [2.75, 3.05) is 13.7 Å². The highest BCUT2D eigenvalue weighted by Crippen LogP contribution is 2.28. The van der Waals surface area contributed by atoms with Gasteiger partial charge in [-0.15, -0.1) is 0 Å². The third-order valence-electron chi connectivity index (χ3n) is 5.22. The molecule has 0 radical (unpaired) electrons.